The van der Waals surface area contributed by atoms with Crippen LogP contribution in [-0.4, -0.2) is 7.11 Å². The zero-order valence-electron chi connectivity index (χ0n) is 16.0. The third kappa shape index (κ3) is 5.51. The minimum absolute atomic E-state index is 0.381. The van der Waals surface area contributed by atoms with Gasteiger partial charge in [-0.05, 0) is 52.7 Å². The second kappa shape index (κ2) is 9.97. The summed E-state index contributed by atoms with van der Waals surface area (Å²) < 4.78 is 12.5. The lowest BCUT2D eigenvalue weighted by Crippen LogP contribution is -2.83. The molecule has 3 aromatic rings. The smallest absolute Gasteiger partial charge is 0.175 e. The van der Waals surface area contributed by atoms with Crippen LogP contribution in [-0.2, 0) is 13.2 Å². The largest absolute Gasteiger partial charge is 0.493 e. The van der Waals surface area contributed by atoms with E-state index in [1.165, 1.54) is 11.1 Å². The summed E-state index contributed by atoms with van der Waals surface area (Å²) in [5.74, 6) is 1.43. The molecule has 0 aliphatic heterocycles. The van der Waals surface area contributed by atoms with Crippen molar-refractivity contribution in [3.05, 3.63) is 92.9 Å². The molecule has 0 saturated carbocycles. The van der Waals surface area contributed by atoms with Gasteiger partial charge in [0.2, 0.25) is 0 Å². The first-order chi connectivity index (χ1) is 13.6. The molecule has 0 saturated heterocycles. The van der Waals surface area contributed by atoms with Crippen molar-refractivity contribution in [2.24, 2.45) is 0 Å². The molecule has 146 valence electrons. The van der Waals surface area contributed by atoms with Crippen LogP contribution in [0.25, 0.3) is 0 Å². The van der Waals surface area contributed by atoms with Gasteiger partial charge in [0, 0.05) is 16.1 Å². The minimum Gasteiger partial charge on any atom is -0.493 e. The van der Waals surface area contributed by atoms with Gasteiger partial charge in [-0.3, -0.25) is 0 Å². The molecular weight excluding hydrogens is 438 g/mol. The Morgan fingerprint density at radius 3 is 2.39 bits per heavy atom. The van der Waals surface area contributed by atoms with Gasteiger partial charge in [0.25, 0.3) is 0 Å². The summed E-state index contributed by atoms with van der Waals surface area (Å²) >= 11 is 9.57. The van der Waals surface area contributed by atoms with Crippen LogP contribution >= 0.6 is 27.5 Å². The Kier molecular flexibility index (Phi) is 7.37. The number of hydrogen-bond acceptors (Lipinski definition) is 2. The van der Waals surface area contributed by atoms with Gasteiger partial charge in [0.15, 0.2) is 11.5 Å². The second-order valence-electron chi connectivity index (χ2n) is 6.66. The lowest BCUT2D eigenvalue weighted by molar-refractivity contribution is -0.707. The fourth-order valence-corrected chi connectivity index (χ4v) is 3.70. The fraction of sp³-hybridized carbons (Fsp3) is 0.217. The normalized spacial score (nSPS) is 11.9. The molecule has 0 aliphatic rings. The lowest BCUT2D eigenvalue weighted by atomic mass is 10.1. The fourth-order valence-electron chi connectivity index (χ4n) is 2.97. The number of hydrogen-bond donors (Lipinski definition) is 1. The number of quaternary nitrogens is 1. The Bertz CT molecular complexity index is 900. The zero-order valence-corrected chi connectivity index (χ0v) is 18.3. The Labute approximate surface area is 179 Å². The van der Waals surface area contributed by atoms with Crippen LogP contribution in [0.3, 0.4) is 0 Å². The predicted molar refractivity (Wildman–Crippen MR) is 117 cm³/mol. The number of rotatable bonds is 8. The van der Waals surface area contributed by atoms with Crippen LogP contribution < -0.4 is 14.8 Å². The van der Waals surface area contributed by atoms with E-state index in [2.05, 4.69) is 58.5 Å². The topological polar surface area (TPSA) is 35.1 Å². The van der Waals surface area contributed by atoms with Gasteiger partial charge in [-0.25, -0.2) is 0 Å². The summed E-state index contributed by atoms with van der Waals surface area (Å²) in [7, 11) is 1.66. The average molecular weight is 462 g/mol. The molecular formula is C23H24BrClNO2+. The van der Waals surface area contributed by atoms with Crippen LogP contribution in [0.15, 0.2) is 71.2 Å². The Morgan fingerprint density at radius 2 is 1.71 bits per heavy atom. The first-order valence-corrected chi connectivity index (χ1v) is 10.4. The van der Waals surface area contributed by atoms with E-state index in [1.54, 1.807) is 7.11 Å². The monoisotopic (exact) mass is 460 g/mol. The number of methoxy groups -OCH3 is 1. The van der Waals surface area contributed by atoms with Crippen LogP contribution in [0.4, 0.5) is 0 Å². The first kappa shape index (κ1) is 20.7. The van der Waals surface area contributed by atoms with Crippen molar-refractivity contribution in [3.63, 3.8) is 0 Å². The molecule has 0 amide bonds. The summed E-state index contributed by atoms with van der Waals surface area (Å²) in [6, 6.07) is 22.7. The SMILES string of the molecule is COc1cc(C[NH2+][C@H](C)c2ccccc2)cc(Br)c1OCc1ccc(Cl)cc1. The van der Waals surface area contributed by atoms with Gasteiger partial charge in [0.1, 0.15) is 19.2 Å². The van der Waals surface area contributed by atoms with E-state index in [1.807, 2.05) is 36.4 Å². The summed E-state index contributed by atoms with van der Waals surface area (Å²) in [6.07, 6.45) is 0. The van der Waals surface area contributed by atoms with E-state index >= 15 is 0 Å². The molecule has 2 N–H and O–H groups in total. The van der Waals surface area contributed by atoms with Crippen molar-refractivity contribution in [1.29, 1.82) is 0 Å². The zero-order chi connectivity index (χ0) is 19.9. The van der Waals surface area contributed by atoms with Crippen molar-refractivity contribution in [1.82, 2.24) is 0 Å². The van der Waals surface area contributed by atoms with Gasteiger partial charge >= 0.3 is 0 Å². The summed E-state index contributed by atoms with van der Waals surface area (Å²) in [4.78, 5) is 0. The molecule has 0 radical (unpaired) electrons. The third-order valence-electron chi connectivity index (χ3n) is 4.62. The van der Waals surface area contributed by atoms with E-state index in [-0.39, 0.29) is 0 Å². The highest BCUT2D eigenvalue weighted by atomic mass is 79.9. The highest BCUT2D eigenvalue weighted by molar-refractivity contribution is 9.10. The number of nitrogens with two attached hydrogens (primary N) is 1. The molecule has 3 aromatic carbocycles. The van der Waals surface area contributed by atoms with Gasteiger partial charge in [-0.1, -0.05) is 54.1 Å². The molecule has 0 unspecified atom stereocenters. The number of benzene rings is 3. The number of halogens is 2. The molecule has 1 atom stereocenters. The van der Waals surface area contributed by atoms with Crippen molar-refractivity contribution >= 4 is 27.5 Å². The van der Waals surface area contributed by atoms with Crippen LogP contribution in [0.2, 0.25) is 5.02 Å². The second-order valence-corrected chi connectivity index (χ2v) is 7.95. The van der Waals surface area contributed by atoms with Crippen molar-refractivity contribution in [2.75, 3.05) is 7.11 Å². The maximum absolute atomic E-state index is 6.01. The summed E-state index contributed by atoms with van der Waals surface area (Å²) in [5.41, 5.74) is 3.54. The molecule has 0 spiro atoms. The lowest BCUT2D eigenvalue weighted by Gasteiger charge is -2.15. The van der Waals surface area contributed by atoms with Gasteiger partial charge < -0.3 is 14.8 Å². The highest BCUT2D eigenvalue weighted by Crippen LogP contribution is 2.37. The Morgan fingerprint density at radius 1 is 1.00 bits per heavy atom. The molecule has 0 fully saturated rings. The minimum atomic E-state index is 0.381. The average Bonchev–Trinajstić information content (AvgIpc) is 2.72. The van der Waals surface area contributed by atoms with E-state index in [0.717, 1.165) is 22.3 Å². The molecule has 3 rings (SSSR count). The first-order valence-electron chi connectivity index (χ1n) is 9.18. The standard InChI is InChI=1S/C23H23BrClNO2/c1-16(19-6-4-3-5-7-19)26-14-18-12-21(24)23(22(13-18)27-2)28-15-17-8-10-20(25)11-9-17/h3-13,16,26H,14-15H2,1-2H3/p+1/t16-/m1/s1. The van der Waals surface area contributed by atoms with Crippen LogP contribution in [0.1, 0.15) is 29.7 Å². The van der Waals surface area contributed by atoms with Crippen LogP contribution in [0, 0.1) is 0 Å². The highest BCUT2D eigenvalue weighted by Gasteiger charge is 2.14. The van der Waals surface area contributed by atoms with Gasteiger partial charge in [-0.15, -0.1) is 0 Å². The Balaban J connectivity index is 1.67. The van der Waals surface area contributed by atoms with Gasteiger partial charge in [0.05, 0.1) is 11.6 Å². The maximum Gasteiger partial charge on any atom is 0.175 e. The molecule has 28 heavy (non-hydrogen) atoms. The summed E-state index contributed by atoms with van der Waals surface area (Å²) in [6.45, 7) is 3.51. The summed E-state index contributed by atoms with van der Waals surface area (Å²) in [5, 5.41) is 3.03. The van der Waals surface area contributed by atoms with Gasteiger partial charge in [-0.2, -0.15) is 0 Å². The quantitative estimate of drug-likeness (QED) is 0.480. The molecule has 0 aromatic heterocycles. The van der Waals surface area contributed by atoms with Crippen molar-refractivity contribution in [2.45, 2.75) is 26.1 Å². The van der Waals surface area contributed by atoms with Crippen molar-refractivity contribution < 1.29 is 14.8 Å². The van der Waals surface area contributed by atoms with E-state index < -0.39 is 0 Å². The van der Waals surface area contributed by atoms with E-state index in [4.69, 9.17) is 21.1 Å². The number of ether oxygens (including phenoxy) is 2. The third-order valence-corrected chi connectivity index (χ3v) is 5.46. The van der Waals surface area contributed by atoms with E-state index in [0.29, 0.717) is 23.4 Å². The van der Waals surface area contributed by atoms with E-state index in [9.17, 15) is 0 Å². The molecule has 0 aliphatic carbocycles. The molecule has 3 nitrogen and oxygen atoms in total. The maximum atomic E-state index is 6.01. The van der Waals surface area contributed by atoms with Crippen molar-refractivity contribution in [3.8, 4) is 11.5 Å². The Hall–Kier alpha value is -2.01. The van der Waals surface area contributed by atoms with Crippen LogP contribution in [0.5, 0.6) is 11.5 Å². The predicted octanol–water partition coefficient (Wildman–Crippen LogP) is 5.51. The molecule has 0 heterocycles. The molecule has 0 bridgehead atoms. The molecule has 5 heteroatoms.